The highest BCUT2D eigenvalue weighted by Gasteiger charge is 1.95. The molecule has 0 aromatic carbocycles. The van der Waals surface area contributed by atoms with Crippen molar-refractivity contribution >= 4 is 27.7 Å². The van der Waals surface area contributed by atoms with Gasteiger partial charge >= 0.3 is 0 Å². The zero-order chi connectivity index (χ0) is 10.2. The monoisotopic (exact) mass is 276 g/mol. The predicted molar refractivity (Wildman–Crippen MR) is 63.2 cm³/mol. The number of unbranched alkanes of at least 4 members (excludes halogenated alkanes) is 2. The van der Waals surface area contributed by atoms with Crippen LogP contribution in [0.15, 0.2) is 22.2 Å². The topological polar surface area (TPSA) is 45.8 Å². The molecule has 0 bridgehead atoms. The predicted octanol–water partition coefficient (Wildman–Crippen LogP) is 2.43. The van der Waals surface area contributed by atoms with Gasteiger partial charge in [0.1, 0.15) is 0 Å². The largest absolute Gasteiger partial charge is 0.301 e. The van der Waals surface area contributed by atoms with Crippen LogP contribution >= 0.6 is 27.7 Å². The molecule has 0 saturated carbocycles. The van der Waals surface area contributed by atoms with Crippen molar-refractivity contribution in [2.24, 2.45) is 0 Å². The maximum atomic E-state index is 10.9. The van der Waals surface area contributed by atoms with Gasteiger partial charge in [-0.3, -0.25) is 4.79 Å². The summed E-state index contributed by atoms with van der Waals surface area (Å²) in [5.41, 5.74) is -0.0806. The molecule has 1 aromatic rings. The number of halogens is 1. The highest BCUT2D eigenvalue weighted by Crippen LogP contribution is 2.13. The molecule has 1 N–H and O–H groups in total. The first-order valence-electron chi connectivity index (χ1n) is 4.57. The minimum Gasteiger partial charge on any atom is -0.301 e. The Hall–Kier alpha value is -0.290. The Morgan fingerprint density at radius 1 is 1.43 bits per heavy atom. The van der Waals surface area contributed by atoms with Gasteiger partial charge in [0.2, 0.25) is 0 Å². The fourth-order valence-electron chi connectivity index (χ4n) is 0.968. The number of rotatable bonds is 6. The standard InChI is InChI=1S/C9H13BrN2OS/c10-5-2-1-3-7-14-9-11-6-4-8(13)12-9/h4,6H,1-3,5,7H2,(H,11,12,13). The van der Waals surface area contributed by atoms with E-state index in [2.05, 4.69) is 25.9 Å². The highest BCUT2D eigenvalue weighted by molar-refractivity contribution is 9.09. The van der Waals surface area contributed by atoms with Crippen LogP contribution in [0.4, 0.5) is 0 Å². The summed E-state index contributed by atoms with van der Waals surface area (Å²) in [6, 6.07) is 1.43. The molecule has 0 radical (unpaired) electrons. The molecule has 0 saturated heterocycles. The third-order valence-electron chi connectivity index (χ3n) is 1.66. The van der Waals surface area contributed by atoms with Crippen LogP contribution < -0.4 is 5.56 Å². The van der Waals surface area contributed by atoms with Crippen LogP contribution in [0.2, 0.25) is 0 Å². The first kappa shape index (κ1) is 11.8. The Bertz CT molecular complexity index is 316. The van der Waals surface area contributed by atoms with Gasteiger partial charge in [-0.15, -0.1) is 0 Å². The molecule has 14 heavy (non-hydrogen) atoms. The number of nitrogens with zero attached hydrogens (tertiary/aromatic N) is 1. The highest BCUT2D eigenvalue weighted by atomic mass is 79.9. The van der Waals surface area contributed by atoms with Crippen molar-refractivity contribution in [3.63, 3.8) is 0 Å². The summed E-state index contributed by atoms with van der Waals surface area (Å²) in [6.45, 7) is 0. The number of hydrogen-bond donors (Lipinski definition) is 1. The summed E-state index contributed by atoms with van der Waals surface area (Å²) in [4.78, 5) is 17.7. The SMILES string of the molecule is O=c1ccnc(SCCCCCBr)[nH]1. The van der Waals surface area contributed by atoms with Crippen LogP contribution in [0.3, 0.4) is 0 Å². The smallest absolute Gasteiger partial charge is 0.251 e. The maximum Gasteiger partial charge on any atom is 0.251 e. The van der Waals surface area contributed by atoms with Crippen molar-refractivity contribution < 1.29 is 0 Å². The second kappa shape index (κ2) is 7.06. The first-order chi connectivity index (χ1) is 6.83. The van der Waals surface area contributed by atoms with Crippen LogP contribution in [0, 0.1) is 0 Å². The van der Waals surface area contributed by atoms with E-state index in [4.69, 9.17) is 0 Å². The van der Waals surface area contributed by atoms with Crippen molar-refractivity contribution in [1.29, 1.82) is 0 Å². The average molecular weight is 277 g/mol. The van der Waals surface area contributed by atoms with Crippen LogP contribution in [-0.4, -0.2) is 21.1 Å². The number of aromatic amines is 1. The van der Waals surface area contributed by atoms with Crippen molar-refractivity contribution in [3.05, 3.63) is 22.6 Å². The van der Waals surface area contributed by atoms with Gasteiger partial charge in [0.15, 0.2) is 5.16 Å². The molecule has 1 aromatic heterocycles. The molecule has 0 aliphatic heterocycles. The molecule has 0 atom stereocenters. The molecule has 5 heteroatoms. The molecule has 1 rings (SSSR count). The molecule has 1 heterocycles. The van der Waals surface area contributed by atoms with Gasteiger partial charge in [-0.1, -0.05) is 34.1 Å². The van der Waals surface area contributed by atoms with E-state index in [9.17, 15) is 4.79 Å². The number of nitrogens with one attached hydrogen (secondary N) is 1. The molecular formula is C9H13BrN2OS. The zero-order valence-corrected chi connectivity index (χ0v) is 10.2. The summed E-state index contributed by atoms with van der Waals surface area (Å²) in [6.07, 6.45) is 5.13. The van der Waals surface area contributed by atoms with Gasteiger partial charge < -0.3 is 4.98 Å². The number of H-pyrrole nitrogens is 1. The molecular weight excluding hydrogens is 264 g/mol. The first-order valence-corrected chi connectivity index (χ1v) is 6.68. The zero-order valence-electron chi connectivity index (χ0n) is 7.83. The number of aromatic nitrogens is 2. The third-order valence-corrected chi connectivity index (χ3v) is 3.20. The quantitative estimate of drug-likeness (QED) is 0.376. The van der Waals surface area contributed by atoms with Crippen LogP contribution in [-0.2, 0) is 0 Å². The summed E-state index contributed by atoms with van der Waals surface area (Å²) in [5, 5.41) is 1.79. The van der Waals surface area contributed by atoms with Crippen LogP contribution in [0.5, 0.6) is 0 Å². The van der Waals surface area contributed by atoms with E-state index in [1.54, 1.807) is 18.0 Å². The number of alkyl halides is 1. The molecule has 0 aliphatic carbocycles. The fourth-order valence-corrected chi connectivity index (χ4v) is 2.21. The van der Waals surface area contributed by atoms with E-state index in [0.717, 1.165) is 22.7 Å². The molecule has 0 aliphatic rings. The van der Waals surface area contributed by atoms with Crippen molar-refractivity contribution in [2.45, 2.75) is 24.4 Å². The second-order valence-electron chi connectivity index (χ2n) is 2.84. The van der Waals surface area contributed by atoms with E-state index in [1.165, 1.54) is 18.9 Å². The Labute approximate surface area is 95.8 Å². The van der Waals surface area contributed by atoms with Crippen molar-refractivity contribution in [1.82, 2.24) is 9.97 Å². The maximum absolute atomic E-state index is 10.9. The Morgan fingerprint density at radius 2 is 2.29 bits per heavy atom. The van der Waals surface area contributed by atoms with E-state index in [0.29, 0.717) is 0 Å². The normalized spacial score (nSPS) is 10.4. The van der Waals surface area contributed by atoms with Crippen LogP contribution in [0.25, 0.3) is 0 Å². The van der Waals surface area contributed by atoms with Crippen molar-refractivity contribution in [2.75, 3.05) is 11.1 Å². The summed E-state index contributed by atoms with van der Waals surface area (Å²) in [5.74, 6) is 1.01. The lowest BCUT2D eigenvalue weighted by molar-refractivity contribution is 0.786. The molecule has 0 amide bonds. The fraction of sp³-hybridized carbons (Fsp3) is 0.556. The summed E-state index contributed by atoms with van der Waals surface area (Å²) in [7, 11) is 0. The lowest BCUT2D eigenvalue weighted by Gasteiger charge is -1.99. The number of hydrogen-bond acceptors (Lipinski definition) is 3. The minimum atomic E-state index is -0.0806. The van der Waals surface area contributed by atoms with Gasteiger partial charge in [0, 0.05) is 23.3 Å². The molecule has 0 spiro atoms. The molecule has 78 valence electrons. The lowest BCUT2D eigenvalue weighted by Crippen LogP contribution is -2.05. The van der Waals surface area contributed by atoms with E-state index in [-0.39, 0.29) is 5.56 Å². The van der Waals surface area contributed by atoms with Gasteiger partial charge in [0.25, 0.3) is 5.56 Å². The van der Waals surface area contributed by atoms with E-state index >= 15 is 0 Å². The minimum absolute atomic E-state index is 0.0806. The molecule has 0 unspecified atom stereocenters. The van der Waals surface area contributed by atoms with Gasteiger partial charge in [-0.25, -0.2) is 4.98 Å². The Kier molecular flexibility index (Phi) is 5.94. The molecule has 3 nitrogen and oxygen atoms in total. The summed E-state index contributed by atoms with van der Waals surface area (Å²) >= 11 is 4.99. The Morgan fingerprint density at radius 3 is 3.00 bits per heavy atom. The lowest BCUT2D eigenvalue weighted by atomic mass is 10.3. The van der Waals surface area contributed by atoms with Crippen molar-refractivity contribution in [3.8, 4) is 0 Å². The van der Waals surface area contributed by atoms with E-state index in [1.807, 2.05) is 0 Å². The van der Waals surface area contributed by atoms with Gasteiger partial charge in [-0.05, 0) is 12.8 Å². The second-order valence-corrected chi connectivity index (χ2v) is 4.71. The Balaban J connectivity index is 2.21. The summed E-state index contributed by atoms with van der Waals surface area (Å²) < 4.78 is 0. The third kappa shape index (κ3) is 4.81. The number of thioether (sulfide) groups is 1. The van der Waals surface area contributed by atoms with E-state index < -0.39 is 0 Å². The van der Waals surface area contributed by atoms with Gasteiger partial charge in [-0.2, -0.15) is 0 Å². The molecule has 0 fully saturated rings. The average Bonchev–Trinajstić information content (AvgIpc) is 2.18. The van der Waals surface area contributed by atoms with Gasteiger partial charge in [0.05, 0.1) is 0 Å². The van der Waals surface area contributed by atoms with Crippen LogP contribution in [0.1, 0.15) is 19.3 Å².